The largest absolute Gasteiger partial charge is 1.00 e. The second kappa shape index (κ2) is 8.71. The van der Waals surface area contributed by atoms with E-state index < -0.39 is 19.1 Å². The van der Waals surface area contributed by atoms with Crippen LogP contribution >= 0.6 is 0 Å². The first-order valence-corrected chi connectivity index (χ1v) is 3.41. The van der Waals surface area contributed by atoms with Crippen LogP contribution in [0.2, 0.25) is 0 Å². The van der Waals surface area contributed by atoms with Crippen molar-refractivity contribution < 1.29 is 79.6 Å². The van der Waals surface area contributed by atoms with Crippen LogP contribution < -0.4 is 51.4 Å². The van der Waals surface area contributed by atoms with E-state index in [1.54, 1.807) is 0 Å². The molecule has 3 N–H and O–H groups in total. The van der Waals surface area contributed by atoms with Crippen molar-refractivity contribution in [2.75, 3.05) is 0 Å². The van der Waals surface area contributed by atoms with Gasteiger partial charge in [0.15, 0.2) is 0 Å². The van der Waals surface area contributed by atoms with Crippen LogP contribution in [0.4, 0.5) is 13.2 Å². The molecule has 0 unspecified atom stereocenters. The standard InChI is InChI=1S/C7H4F3.BH3O3.K/c8-7(9,10)6-4-2-1-3-5-6;2-1(3)4;/h1-2,4-5H;2-4H;/q-1;;+1. The zero-order valence-electron chi connectivity index (χ0n) is 7.86. The van der Waals surface area contributed by atoms with Crippen LogP contribution in [-0.4, -0.2) is 22.4 Å². The first-order chi connectivity index (χ1) is 6.34. The van der Waals surface area contributed by atoms with Gasteiger partial charge in [-0.25, -0.2) is 0 Å². The molecule has 0 amide bonds. The van der Waals surface area contributed by atoms with Crippen LogP contribution in [0.5, 0.6) is 0 Å². The summed E-state index contributed by atoms with van der Waals surface area (Å²) in [6, 6.07) is 7.01. The van der Waals surface area contributed by atoms with Gasteiger partial charge in [-0.3, -0.25) is 0 Å². The van der Waals surface area contributed by atoms with Gasteiger partial charge in [-0.2, -0.15) is 43.5 Å². The van der Waals surface area contributed by atoms with Crippen LogP contribution in [0.15, 0.2) is 24.3 Å². The molecule has 15 heavy (non-hydrogen) atoms. The number of rotatable bonds is 0. The molecule has 3 nitrogen and oxygen atoms in total. The SMILES string of the molecule is FC(F)(F)c1c[c-]ccc1.OB(O)O.[K+]. The number of alkyl halides is 3. The normalized spacial score (nSPS) is 9.47. The minimum Gasteiger partial charge on any atom is -0.402 e. The Labute approximate surface area is 128 Å². The maximum atomic E-state index is 11.8. The molecule has 0 heterocycles. The van der Waals surface area contributed by atoms with Gasteiger partial charge in [0.25, 0.3) is 0 Å². The molecule has 0 saturated carbocycles. The van der Waals surface area contributed by atoms with Gasteiger partial charge in [0.1, 0.15) is 0 Å². The number of halogens is 3. The Kier molecular flexibility index (Phi) is 10.4. The fourth-order valence-electron chi connectivity index (χ4n) is 0.570. The minimum atomic E-state index is -4.24. The molecule has 0 atom stereocenters. The van der Waals surface area contributed by atoms with Crippen molar-refractivity contribution >= 4 is 7.32 Å². The van der Waals surface area contributed by atoms with Crippen LogP contribution in [0.25, 0.3) is 0 Å². The van der Waals surface area contributed by atoms with E-state index in [0.717, 1.165) is 12.1 Å². The summed E-state index contributed by atoms with van der Waals surface area (Å²) in [4.78, 5) is 0. The van der Waals surface area contributed by atoms with Crippen molar-refractivity contribution in [1.82, 2.24) is 0 Å². The van der Waals surface area contributed by atoms with Crippen molar-refractivity contribution in [3.05, 3.63) is 35.9 Å². The molecule has 1 aromatic rings. The number of hydrogen-bond donors (Lipinski definition) is 3. The summed E-state index contributed by atoms with van der Waals surface area (Å²) >= 11 is 0. The third-order valence-electron chi connectivity index (χ3n) is 1.03. The Hall–Kier alpha value is 0.591. The Morgan fingerprint density at radius 2 is 1.67 bits per heavy atom. The minimum absolute atomic E-state index is 0. The van der Waals surface area contributed by atoms with E-state index in [2.05, 4.69) is 6.07 Å². The van der Waals surface area contributed by atoms with Gasteiger partial charge in [-0.15, -0.1) is 0 Å². The smallest absolute Gasteiger partial charge is 0.402 e. The van der Waals surface area contributed by atoms with E-state index in [9.17, 15) is 13.2 Å². The molecule has 1 rings (SSSR count). The Morgan fingerprint density at radius 1 is 1.20 bits per heavy atom. The zero-order chi connectivity index (χ0) is 11.2. The fourth-order valence-corrected chi connectivity index (χ4v) is 0.570. The monoisotopic (exact) mass is 246 g/mol. The third kappa shape index (κ3) is 10.9. The van der Waals surface area contributed by atoms with Crippen molar-refractivity contribution in [3.8, 4) is 0 Å². The fraction of sp³-hybridized carbons (Fsp3) is 0.143. The molecule has 0 radical (unpaired) electrons. The Bertz CT molecular complexity index is 253. The van der Waals surface area contributed by atoms with E-state index in [1.165, 1.54) is 12.1 Å². The molecule has 0 aliphatic carbocycles. The molecule has 0 spiro atoms. The maximum Gasteiger partial charge on any atom is 1.00 e. The zero-order valence-corrected chi connectivity index (χ0v) is 11.0. The molecule has 0 aromatic heterocycles. The molecule has 0 aliphatic heterocycles. The number of benzene rings is 1. The summed E-state index contributed by atoms with van der Waals surface area (Å²) < 4.78 is 35.3. The van der Waals surface area contributed by atoms with Gasteiger partial charge in [0, 0.05) is 0 Å². The maximum absolute atomic E-state index is 11.8. The Balaban J connectivity index is 0. The summed E-state index contributed by atoms with van der Waals surface area (Å²) in [7, 11) is -2.17. The van der Waals surface area contributed by atoms with E-state index in [0.29, 0.717) is 0 Å². The average Bonchev–Trinajstić information content (AvgIpc) is 2.03. The molecule has 0 bridgehead atoms. The van der Waals surface area contributed by atoms with Crippen molar-refractivity contribution in [1.29, 1.82) is 0 Å². The number of hydrogen-bond acceptors (Lipinski definition) is 3. The van der Waals surface area contributed by atoms with Gasteiger partial charge in [0.2, 0.25) is 0 Å². The molecule has 78 valence electrons. The molecular formula is C7H7BF3KO3. The van der Waals surface area contributed by atoms with E-state index in [-0.39, 0.29) is 51.4 Å². The predicted molar refractivity (Wildman–Crippen MR) is 42.7 cm³/mol. The summed E-state index contributed by atoms with van der Waals surface area (Å²) in [5, 5.41) is 21.5. The third-order valence-corrected chi connectivity index (χ3v) is 1.03. The van der Waals surface area contributed by atoms with E-state index in [1.807, 2.05) is 0 Å². The second-order valence-electron chi connectivity index (χ2n) is 2.14. The first kappa shape index (κ1) is 18.0. The van der Waals surface area contributed by atoms with E-state index in [4.69, 9.17) is 15.1 Å². The quantitative estimate of drug-likeness (QED) is 0.349. The van der Waals surface area contributed by atoms with Crippen molar-refractivity contribution in [2.45, 2.75) is 6.18 Å². The van der Waals surface area contributed by atoms with Gasteiger partial charge < -0.3 is 15.1 Å². The van der Waals surface area contributed by atoms with Gasteiger partial charge in [-0.05, 0) is 0 Å². The van der Waals surface area contributed by atoms with Gasteiger partial charge >= 0.3 is 64.9 Å². The molecule has 8 heteroatoms. The van der Waals surface area contributed by atoms with Crippen LogP contribution in [0.1, 0.15) is 5.56 Å². The predicted octanol–water partition coefficient (Wildman–Crippen LogP) is -2.54. The molecular weight excluding hydrogens is 239 g/mol. The summed E-state index contributed by atoms with van der Waals surface area (Å²) in [5.74, 6) is 0. The van der Waals surface area contributed by atoms with Crippen molar-refractivity contribution in [3.63, 3.8) is 0 Å². The van der Waals surface area contributed by atoms with Gasteiger partial charge in [0.05, 0.1) is 0 Å². The van der Waals surface area contributed by atoms with Crippen LogP contribution in [0.3, 0.4) is 0 Å². The summed E-state index contributed by atoms with van der Waals surface area (Å²) in [5.41, 5.74) is -0.657. The second-order valence-corrected chi connectivity index (χ2v) is 2.14. The molecule has 1 aromatic carbocycles. The van der Waals surface area contributed by atoms with Crippen LogP contribution in [-0.2, 0) is 6.18 Å². The van der Waals surface area contributed by atoms with Crippen LogP contribution in [0, 0.1) is 6.07 Å². The molecule has 0 saturated heterocycles. The van der Waals surface area contributed by atoms with Gasteiger partial charge in [-0.1, -0.05) is 5.56 Å². The first-order valence-electron chi connectivity index (χ1n) is 3.41. The Morgan fingerprint density at radius 3 is 1.87 bits per heavy atom. The molecule has 0 fully saturated rings. The molecule has 0 aliphatic rings. The average molecular weight is 246 g/mol. The summed E-state index contributed by atoms with van der Waals surface area (Å²) in [6.07, 6.45) is -4.24. The topological polar surface area (TPSA) is 60.7 Å². The summed E-state index contributed by atoms with van der Waals surface area (Å²) in [6.45, 7) is 0. The van der Waals surface area contributed by atoms with E-state index >= 15 is 0 Å². The van der Waals surface area contributed by atoms with Crippen molar-refractivity contribution in [2.24, 2.45) is 0 Å².